The second kappa shape index (κ2) is 8.43. The van der Waals surface area contributed by atoms with Crippen LogP contribution in [0.15, 0.2) is 53.7 Å². The third-order valence-electron chi connectivity index (χ3n) is 7.47. The van der Waals surface area contributed by atoms with Gasteiger partial charge in [0.15, 0.2) is 5.82 Å². The maximum atomic E-state index is 13.7. The van der Waals surface area contributed by atoms with Crippen molar-refractivity contribution in [3.63, 3.8) is 0 Å². The molecule has 176 valence electrons. The number of piperazine rings is 1. The summed E-state index contributed by atoms with van der Waals surface area (Å²) in [6, 6.07) is 12.1. The Kier molecular flexibility index (Phi) is 5.25. The van der Waals surface area contributed by atoms with Crippen LogP contribution in [0, 0.1) is 0 Å². The van der Waals surface area contributed by atoms with Crippen LogP contribution < -0.4 is 15.4 Å². The zero-order chi connectivity index (χ0) is 23.2. The van der Waals surface area contributed by atoms with Crippen molar-refractivity contribution >= 4 is 33.2 Å². The van der Waals surface area contributed by atoms with E-state index in [0.29, 0.717) is 5.39 Å². The van der Waals surface area contributed by atoms with E-state index >= 15 is 0 Å². The molecule has 0 spiro atoms. The summed E-state index contributed by atoms with van der Waals surface area (Å²) in [5.74, 6) is 1.00. The molecule has 4 aromatic rings. The van der Waals surface area contributed by atoms with Gasteiger partial charge in [-0.2, -0.15) is 5.10 Å². The highest BCUT2D eigenvalue weighted by Crippen LogP contribution is 2.34. The van der Waals surface area contributed by atoms with E-state index < -0.39 is 6.10 Å². The number of benzene rings is 2. The van der Waals surface area contributed by atoms with E-state index in [-0.39, 0.29) is 11.6 Å². The summed E-state index contributed by atoms with van der Waals surface area (Å²) < 4.78 is 3.50. The van der Waals surface area contributed by atoms with Gasteiger partial charge in [-0.05, 0) is 18.9 Å². The molecule has 1 aliphatic carbocycles. The van der Waals surface area contributed by atoms with Crippen molar-refractivity contribution in [1.82, 2.24) is 19.3 Å². The smallest absolute Gasteiger partial charge is 0.261 e. The predicted octanol–water partition coefficient (Wildman–Crippen LogP) is 3.09. The van der Waals surface area contributed by atoms with Crippen molar-refractivity contribution in [2.45, 2.75) is 37.8 Å². The molecule has 2 aliphatic rings. The Morgan fingerprint density at radius 1 is 0.941 bits per heavy atom. The summed E-state index contributed by atoms with van der Waals surface area (Å²) in [5.41, 5.74) is 1.75. The largest absolute Gasteiger partial charge is 0.391 e. The second-order valence-corrected chi connectivity index (χ2v) is 9.54. The first kappa shape index (κ1) is 21.2. The van der Waals surface area contributed by atoms with E-state index in [9.17, 15) is 9.90 Å². The van der Waals surface area contributed by atoms with E-state index in [2.05, 4.69) is 33.1 Å². The summed E-state index contributed by atoms with van der Waals surface area (Å²) in [6.45, 7) is 3.44. The van der Waals surface area contributed by atoms with Gasteiger partial charge in [-0.15, -0.1) is 0 Å². The number of aryl methyl sites for hydroxylation is 1. The van der Waals surface area contributed by atoms with Crippen molar-refractivity contribution in [3.05, 3.63) is 59.3 Å². The van der Waals surface area contributed by atoms with Gasteiger partial charge in [-0.1, -0.05) is 37.1 Å². The van der Waals surface area contributed by atoms with Crippen LogP contribution in [0.1, 0.15) is 31.7 Å². The standard InChI is InChI=1S/C26H30N6O2/c1-29-11-10-24(28-29)31-14-12-30(13-15-31)22-16-20-25(19-7-3-2-6-18(19)22)27-17-32(26(20)34)21-8-4-5-9-23(21)33/h2-3,6-7,10-11,16-17,21,23,33H,4-5,8-9,12-15H2,1H3/t21-,23-/m0/s1. The minimum Gasteiger partial charge on any atom is -0.391 e. The van der Waals surface area contributed by atoms with E-state index in [1.54, 1.807) is 10.9 Å². The number of fused-ring (bicyclic) bond motifs is 3. The number of hydrogen-bond acceptors (Lipinski definition) is 6. The predicted molar refractivity (Wildman–Crippen MR) is 135 cm³/mol. The fourth-order valence-corrected chi connectivity index (χ4v) is 5.62. The Morgan fingerprint density at radius 3 is 2.41 bits per heavy atom. The van der Waals surface area contributed by atoms with Crippen molar-refractivity contribution < 1.29 is 5.11 Å². The third-order valence-corrected chi connectivity index (χ3v) is 7.47. The molecule has 3 heterocycles. The van der Waals surface area contributed by atoms with Gasteiger partial charge in [0.1, 0.15) is 0 Å². The molecule has 2 fully saturated rings. The Hall–Kier alpha value is -3.39. The van der Waals surface area contributed by atoms with E-state index in [0.717, 1.165) is 79.7 Å². The summed E-state index contributed by atoms with van der Waals surface area (Å²) >= 11 is 0. The van der Waals surface area contributed by atoms with Gasteiger partial charge in [0, 0.05) is 61.9 Å². The van der Waals surface area contributed by atoms with Crippen LogP contribution in [-0.4, -0.2) is 56.7 Å². The lowest BCUT2D eigenvalue weighted by molar-refractivity contribution is 0.0735. The van der Waals surface area contributed by atoms with Gasteiger partial charge in [0.25, 0.3) is 5.56 Å². The Labute approximate surface area is 198 Å². The molecule has 0 amide bonds. The highest BCUT2D eigenvalue weighted by Gasteiger charge is 2.27. The highest BCUT2D eigenvalue weighted by atomic mass is 16.3. The van der Waals surface area contributed by atoms with E-state index in [1.165, 1.54) is 0 Å². The van der Waals surface area contributed by atoms with Crippen LogP contribution >= 0.6 is 0 Å². The van der Waals surface area contributed by atoms with Gasteiger partial charge >= 0.3 is 0 Å². The first-order valence-corrected chi connectivity index (χ1v) is 12.2. The number of rotatable bonds is 3. The molecule has 2 aromatic heterocycles. The molecule has 0 unspecified atom stereocenters. The summed E-state index contributed by atoms with van der Waals surface area (Å²) in [5, 5.41) is 17.8. The van der Waals surface area contributed by atoms with Gasteiger partial charge in [-0.25, -0.2) is 4.98 Å². The Bertz CT molecular complexity index is 1400. The van der Waals surface area contributed by atoms with Gasteiger partial charge in [0.05, 0.1) is 29.4 Å². The second-order valence-electron chi connectivity index (χ2n) is 9.54. The topological polar surface area (TPSA) is 79.4 Å². The first-order valence-electron chi connectivity index (χ1n) is 12.2. The fraction of sp³-hybridized carbons (Fsp3) is 0.423. The van der Waals surface area contributed by atoms with Crippen molar-refractivity contribution in [2.24, 2.45) is 7.05 Å². The molecule has 1 aliphatic heterocycles. The highest BCUT2D eigenvalue weighted by molar-refractivity contribution is 6.11. The summed E-state index contributed by atoms with van der Waals surface area (Å²) in [4.78, 5) is 23.1. The maximum Gasteiger partial charge on any atom is 0.261 e. The lowest BCUT2D eigenvalue weighted by Crippen LogP contribution is -2.46. The number of nitrogens with zero attached hydrogens (tertiary/aromatic N) is 6. The lowest BCUT2D eigenvalue weighted by Gasteiger charge is -2.37. The average molecular weight is 459 g/mol. The number of aliphatic hydroxyl groups excluding tert-OH is 1. The summed E-state index contributed by atoms with van der Waals surface area (Å²) in [7, 11) is 1.94. The monoisotopic (exact) mass is 458 g/mol. The van der Waals surface area contributed by atoms with E-state index in [4.69, 9.17) is 4.98 Å². The van der Waals surface area contributed by atoms with Gasteiger partial charge in [-0.3, -0.25) is 14.0 Å². The molecular formula is C26H30N6O2. The minimum atomic E-state index is -0.495. The molecule has 6 rings (SSSR count). The zero-order valence-electron chi connectivity index (χ0n) is 19.5. The maximum absolute atomic E-state index is 13.7. The molecule has 2 aromatic carbocycles. The molecule has 1 saturated carbocycles. The van der Waals surface area contributed by atoms with Crippen LogP contribution in [0.3, 0.4) is 0 Å². The first-order chi connectivity index (χ1) is 16.6. The van der Waals surface area contributed by atoms with Crippen molar-refractivity contribution in [3.8, 4) is 0 Å². The molecule has 0 radical (unpaired) electrons. The average Bonchev–Trinajstić information content (AvgIpc) is 3.31. The van der Waals surface area contributed by atoms with Crippen LogP contribution in [-0.2, 0) is 7.05 Å². The quantitative estimate of drug-likeness (QED) is 0.476. The molecule has 34 heavy (non-hydrogen) atoms. The summed E-state index contributed by atoms with van der Waals surface area (Å²) in [6.07, 6.45) is 6.69. The van der Waals surface area contributed by atoms with Crippen molar-refractivity contribution in [1.29, 1.82) is 0 Å². The molecular weight excluding hydrogens is 428 g/mol. The number of anilines is 2. The van der Waals surface area contributed by atoms with Crippen LogP contribution in [0.4, 0.5) is 11.5 Å². The normalized spacial score (nSPS) is 21.5. The Balaban J connectivity index is 1.41. The SMILES string of the molecule is Cn1ccc(N2CCN(c3cc4c(=O)n([C@H]5CCCC[C@@H]5O)cnc4c4ccccc34)CC2)n1. The number of hydrogen-bond donors (Lipinski definition) is 1. The lowest BCUT2D eigenvalue weighted by atomic mass is 9.92. The Morgan fingerprint density at radius 2 is 1.68 bits per heavy atom. The van der Waals surface area contributed by atoms with Gasteiger partial charge in [0.2, 0.25) is 0 Å². The minimum absolute atomic E-state index is 0.0601. The van der Waals surface area contributed by atoms with E-state index in [1.807, 2.05) is 36.1 Å². The molecule has 8 nitrogen and oxygen atoms in total. The molecule has 2 atom stereocenters. The molecule has 8 heteroatoms. The van der Waals surface area contributed by atoms with Gasteiger partial charge < -0.3 is 14.9 Å². The van der Waals surface area contributed by atoms with Crippen LogP contribution in [0.25, 0.3) is 21.7 Å². The fourth-order valence-electron chi connectivity index (χ4n) is 5.62. The van der Waals surface area contributed by atoms with Crippen molar-refractivity contribution in [2.75, 3.05) is 36.0 Å². The number of aliphatic hydroxyl groups is 1. The van der Waals surface area contributed by atoms with Crippen LogP contribution in [0.2, 0.25) is 0 Å². The molecule has 1 N–H and O–H groups in total. The van der Waals surface area contributed by atoms with Crippen LogP contribution in [0.5, 0.6) is 0 Å². The number of aromatic nitrogens is 4. The zero-order valence-corrected chi connectivity index (χ0v) is 19.5. The third kappa shape index (κ3) is 3.53. The molecule has 0 bridgehead atoms. The molecule has 1 saturated heterocycles.